The zero-order valence-corrected chi connectivity index (χ0v) is 18.7. The number of carbonyl (C=O) groups excluding carboxylic acids is 4. The van der Waals surface area contributed by atoms with Gasteiger partial charge in [-0.1, -0.05) is 24.6 Å². The van der Waals surface area contributed by atoms with Crippen molar-refractivity contribution in [3.8, 4) is 0 Å². The van der Waals surface area contributed by atoms with Crippen molar-refractivity contribution in [1.82, 2.24) is 0 Å². The van der Waals surface area contributed by atoms with Crippen LogP contribution in [0.15, 0.2) is 60.2 Å². The van der Waals surface area contributed by atoms with E-state index in [0.29, 0.717) is 42.0 Å². The molecule has 2 aromatic rings. The van der Waals surface area contributed by atoms with Crippen molar-refractivity contribution >= 4 is 35.1 Å². The van der Waals surface area contributed by atoms with Crippen LogP contribution < -0.4 is 10.2 Å². The van der Waals surface area contributed by atoms with Crippen LogP contribution in [0.3, 0.4) is 0 Å². The van der Waals surface area contributed by atoms with E-state index in [4.69, 9.17) is 4.74 Å². The number of esters is 1. The first-order valence-electron chi connectivity index (χ1n) is 11.1. The number of allylic oxidation sites excluding steroid dienone is 2. The Hall–Kier alpha value is -3.74. The molecule has 0 spiro atoms. The Labute approximate surface area is 192 Å². The van der Waals surface area contributed by atoms with Gasteiger partial charge in [-0.25, -0.2) is 4.79 Å². The lowest BCUT2D eigenvalue weighted by Gasteiger charge is -2.18. The van der Waals surface area contributed by atoms with E-state index in [1.165, 1.54) is 4.90 Å². The van der Waals surface area contributed by atoms with Crippen LogP contribution in [-0.2, 0) is 14.3 Å². The number of carbonyl (C=O) groups is 4. The van der Waals surface area contributed by atoms with Crippen molar-refractivity contribution in [2.75, 3.05) is 16.8 Å². The van der Waals surface area contributed by atoms with Crippen LogP contribution in [0.2, 0.25) is 0 Å². The van der Waals surface area contributed by atoms with E-state index in [9.17, 15) is 19.2 Å². The highest BCUT2D eigenvalue weighted by atomic mass is 16.5. The third kappa shape index (κ3) is 4.58. The molecule has 1 aliphatic heterocycles. The zero-order valence-electron chi connectivity index (χ0n) is 18.7. The predicted molar refractivity (Wildman–Crippen MR) is 124 cm³/mol. The Morgan fingerprint density at radius 1 is 1.03 bits per heavy atom. The number of rotatable bonds is 6. The van der Waals surface area contributed by atoms with Crippen molar-refractivity contribution in [3.63, 3.8) is 0 Å². The van der Waals surface area contributed by atoms with E-state index in [0.717, 1.165) is 12.0 Å². The second-order valence-electron chi connectivity index (χ2n) is 8.43. The van der Waals surface area contributed by atoms with Gasteiger partial charge in [0.05, 0.1) is 29.7 Å². The first kappa shape index (κ1) is 22.5. The summed E-state index contributed by atoms with van der Waals surface area (Å²) in [6.07, 6.45) is 3.92. The molecule has 1 N–H and O–H groups in total. The number of imide groups is 1. The van der Waals surface area contributed by atoms with Crippen molar-refractivity contribution in [2.45, 2.75) is 33.1 Å². The van der Waals surface area contributed by atoms with E-state index in [1.54, 1.807) is 48.5 Å². The molecule has 7 nitrogen and oxygen atoms in total. The third-order valence-electron chi connectivity index (χ3n) is 6.01. The summed E-state index contributed by atoms with van der Waals surface area (Å²) in [6, 6.07) is 12.9. The molecule has 1 saturated heterocycles. The minimum Gasteiger partial charge on any atom is -0.462 e. The van der Waals surface area contributed by atoms with E-state index in [1.807, 2.05) is 19.9 Å². The molecule has 2 atom stereocenters. The number of fused-ring (bicyclic) bond motifs is 1. The summed E-state index contributed by atoms with van der Waals surface area (Å²) in [7, 11) is 0. The Balaban J connectivity index is 1.47. The molecule has 4 rings (SSSR count). The SMILES string of the molecule is CCCOC(=O)c1ccc(NC(=O)c2cccc(N3C(=O)[C@H]4CC(C)=CC[C@H]4C3=O)c2)cc1. The summed E-state index contributed by atoms with van der Waals surface area (Å²) in [5, 5.41) is 2.78. The fourth-order valence-corrected chi connectivity index (χ4v) is 4.25. The van der Waals surface area contributed by atoms with E-state index in [-0.39, 0.29) is 29.6 Å². The zero-order chi connectivity index (χ0) is 23.5. The maximum Gasteiger partial charge on any atom is 0.338 e. The first-order chi connectivity index (χ1) is 15.9. The molecule has 1 fully saturated rings. The number of anilines is 2. The first-order valence-corrected chi connectivity index (χ1v) is 11.1. The molecule has 0 unspecified atom stereocenters. The summed E-state index contributed by atoms with van der Waals surface area (Å²) >= 11 is 0. The standard InChI is InChI=1S/C26H26N2O5/c1-3-13-33-26(32)17-8-10-19(11-9-17)27-23(29)18-5-4-6-20(15-18)28-24(30)21-12-7-16(2)14-22(21)25(28)31/h4-11,15,21-22H,3,12-14H2,1-2H3,(H,27,29)/t21-,22+/m1/s1. The van der Waals surface area contributed by atoms with Crippen LogP contribution in [0, 0.1) is 11.8 Å². The molecule has 0 aromatic heterocycles. The lowest BCUT2D eigenvalue weighted by Crippen LogP contribution is -2.31. The number of nitrogens with zero attached hydrogens (tertiary/aromatic N) is 1. The smallest absolute Gasteiger partial charge is 0.338 e. The van der Waals surface area contributed by atoms with E-state index in [2.05, 4.69) is 5.32 Å². The molecule has 0 bridgehead atoms. The maximum absolute atomic E-state index is 13.0. The molecule has 3 amide bonds. The van der Waals surface area contributed by atoms with Gasteiger partial charge in [-0.05, 0) is 68.7 Å². The van der Waals surface area contributed by atoms with Crippen LogP contribution >= 0.6 is 0 Å². The summed E-state index contributed by atoms with van der Waals surface area (Å²) in [6.45, 7) is 4.25. The monoisotopic (exact) mass is 446 g/mol. The average molecular weight is 447 g/mol. The molecule has 170 valence electrons. The quantitative estimate of drug-likeness (QED) is 0.405. The maximum atomic E-state index is 13.0. The summed E-state index contributed by atoms with van der Waals surface area (Å²) in [4.78, 5) is 51.8. The van der Waals surface area contributed by atoms with Crippen LogP contribution in [0.1, 0.15) is 53.8 Å². The fourth-order valence-electron chi connectivity index (χ4n) is 4.25. The highest BCUT2D eigenvalue weighted by Crippen LogP contribution is 2.39. The molecular weight excluding hydrogens is 420 g/mol. The Morgan fingerprint density at radius 2 is 1.76 bits per heavy atom. The van der Waals surface area contributed by atoms with Crippen LogP contribution in [0.5, 0.6) is 0 Å². The average Bonchev–Trinajstić information content (AvgIpc) is 3.07. The van der Waals surface area contributed by atoms with Gasteiger partial charge in [0.15, 0.2) is 0 Å². The Bertz CT molecular complexity index is 1140. The fraction of sp³-hybridized carbons (Fsp3) is 0.308. The van der Waals surface area contributed by atoms with Crippen molar-refractivity contribution < 1.29 is 23.9 Å². The Morgan fingerprint density at radius 3 is 2.48 bits per heavy atom. The predicted octanol–water partition coefficient (Wildman–Crippen LogP) is 4.35. The molecule has 33 heavy (non-hydrogen) atoms. The molecule has 0 radical (unpaired) electrons. The molecule has 2 aliphatic rings. The summed E-state index contributed by atoms with van der Waals surface area (Å²) < 4.78 is 5.10. The van der Waals surface area contributed by atoms with Crippen LogP contribution in [-0.4, -0.2) is 30.3 Å². The summed E-state index contributed by atoms with van der Waals surface area (Å²) in [5.74, 6) is -1.87. The minimum atomic E-state index is -0.409. The highest BCUT2D eigenvalue weighted by molar-refractivity contribution is 6.22. The normalized spacial score (nSPS) is 19.7. The molecule has 1 heterocycles. The summed E-state index contributed by atoms with van der Waals surface area (Å²) in [5.41, 5.74) is 2.76. The number of ether oxygens (including phenoxy) is 1. The van der Waals surface area contributed by atoms with Gasteiger partial charge in [-0.15, -0.1) is 0 Å². The number of benzene rings is 2. The molecule has 2 aromatic carbocycles. The molecule has 1 aliphatic carbocycles. The minimum absolute atomic E-state index is 0.208. The second kappa shape index (κ2) is 9.40. The number of amides is 3. The van der Waals surface area contributed by atoms with E-state index < -0.39 is 5.97 Å². The lowest BCUT2D eigenvalue weighted by molar-refractivity contribution is -0.122. The van der Waals surface area contributed by atoms with Crippen molar-refractivity contribution in [1.29, 1.82) is 0 Å². The second-order valence-corrected chi connectivity index (χ2v) is 8.43. The number of hydrogen-bond acceptors (Lipinski definition) is 5. The van der Waals surface area contributed by atoms with Gasteiger partial charge in [0.1, 0.15) is 0 Å². The van der Waals surface area contributed by atoms with Crippen molar-refractivity contribution in [3.05, 3.63) is 71.3 Å². The van der Waals surface area contributed by atoms with Gasteiger partial charge in [0, 0.05) is 11.3 Å². The van der Waals surface area contributed by atoms with Gasteiger partial charge in [0.2, 0.25) is 11.8 Å². The van der Waals surface area contributed by atoms with Gasteiger partial charge in [0.25, 0.3) is 5.91 Å². The largest absolute Gasteiger partial charge is 0.462 e. The lowest BCUT2D eigenvalue weighted by atomic mass is 9.82. The number of nitrogens with one attached hydrogen (secondary N) is 1. The third-order valence-corrected chi connectivity index (χ3v) is 6.01. The van der Waals surface area contributed by atoms with Crippen LogP contribution in [0.25, 0.3) is 0 Å². The van der Waals surface area contributed by atoms with Gasteiger partial charge >= 0.3 is 5.97 Å². The topological polar surface area (TPSA) is 92.8 Å². The van der Waals surface area contributed by atoms with E-state index >= 15 is 0 Å². The molecule has 7 heteroatoms. The van der Waals surface area contributed by atoms with Gasteiger partial charge in [-0.3, -0.25) is 19.3 Å². The van der Waals surface area contributed by atoms with Crippen molar-refractivity contribution in [2.24, 2.45) is 11.8 Å². The number of hydrogen-bond donors (Lipinski definition) is 1. The van der Waals surface area contributed by atoms with Crippen LogP contribution in [0.4, 0.5) is 11.4 Å². The Kier molecular flexibility index (Phi) is 6.40. The highest BCUT2D eigenvalue weighted by Gasteiger charge is 2.48. The molecule has 0 saturated carbocycles. The molecular formula is C26H26N2O5. The van der Waals surface area contributed by atoms with Gasteiger partial charge in [-0.2, -0.15) is 0 Å². The van der Waals surface area contributed by atoms with Gasteiger partial charge < -0.3 is 10.1 Å².